The van der Waals surface area contributed by atoms with Crippen molar-refractivity contribution in [2.75, 3.05) is 24.5 Å². The molecule has 0 bridgehead atoms. The Balaban J connectivity index is 1.72. The summed E-state index contributed by atoms with van der Waals surface area (Å²) in [4.78, 5) is 17.3. The maximum atomic E-state index is 12.8. The number of aromatic nitrogens is 2. The first-order valence-corrected chi connectivity index (χ1v) is 9.67. The van der Waals surface area contributed by atoms with E-state index in [0.29, 0.717) is 18.3 Å². The minimum atomic E-state index is 0.213. The Kier molecular flexibility index (Phi) is 6.09. The molecule has 0 saturated carbocycles. The molecule has 5 heteroatoms. The van der Waals surface area contributed by atoms with Crippen molar-refractivity contribution >= 4 is 11.6 Å². The number of benzene rings is 1. The number of piperidine rings is 1. The first kappa shape index (κ1) is 18.6. The van der Waals surface area contributed by atoms with E-state index in [1.54, 1.807) is 0 Å². The normalized spacial score (nSPS) is 23.7. The Morgan fingerprint density at radius 3 is 2.38 bits per heavy atom. The Morgan fingerprint density at radius 2 is 1.81 bits per heavy atom. The summed E-state index contributed by atoms with van der Waals surface area (Å²) >= 11 is 0. The predicted molar refractivity (Wildman–Crippen MR) is 105 cm³/mol. The largest absolute Gasteiger partial charge is 0.309 e. The van der Waals surface area contributed by atoms with Crippen molar-refractivity contribution in [3.05, 3.63) is 48.8 Å². The molecule has 26 heavy (non-hydrogen) atoms. The second kappa shape index (κ2) is 8.49. The van der Waals surface area contributed by atoms with Crippen LogP contribution in [0.4, 0.5) is 5.69 Å². The summed E-state index contributed by atoms with van der Waals surface area (Å²) in [6, 6.07) is 12.3. The second-order valence-corrected chi connectivity index (χ2v) is 7.43. The van der Waals surface area contributed by atoms with Gasteiger partial charge in [0.05, 0.1) is 6.54 Å². The van der Waals surface area contributed by atoms with Gasteiger partial charge >= 0.3 is 0 Å². The third-order valence-electron chi connectivity index (χ3n) is 5.37. The fourth-order valence-corrected chi connectivity index (χ4v) is 4.28. The molecule has 1 aliphatic heterocycles. The van der Waals surface area contributed by atoms with E-state index in [9.17, 15) is 4.79 Å². The maximum Gasteiger partial charge on any atom is 0.226 e. The van der Waals surface area contributed by atoms with Gasteiger partial charge < -0.3 is 9.80 Å². The molecular weight excluding hydrogens is 324 g/mol. The zero-order chi connectivity index (χ0) is 18.5. The van der Waals surface area contributed by atoms with Crippen molar-refractivity contribution in [2.45, 2.75) is 39.8 Å². The molecule has 2 heterocycles. The van der Waals surface area contributed by atoms with Crippen LogP contribution in [-0.4, -0.2) is 46.3 Å². The van der Waals surface area contributed by atoms with Gasteiger partial charge in [0, 0.05) is 50.2 Å². The number of para-hydroxylation sites is 1. The van der Waals surface area contributed by atoms with Gasteiger partial charge in [-0.15, -0.1) is 0 Å². The highest BCUT2D eigenvalue weighted by atomic mass is 16.2. The standard InChI is InChI=1S/C21H30N4O/c1-4-20(26)25(19-9-6-5-7-10-19)21-17(2)15-23(16-18(21)3)13-14-24-12-8-11-22-24/h5-12,17-18,21H,4,13-16H2,1-3H3. The topological polar surface area (TPSA) is 41.4 Å². The number of anilines is 1. The minimum absolute atomic E-state index is 0.213. The summed E-state index contributed by atoms with van der Waals surface area (Å²) in [5.41, 5.74) is 1.02. The summed E-state index contributed by atoms with van der Waals surface area (Å²) in [5, 5.41) is 4.29. The maximum absolute atomic E-state index is 12.8. The van der Waals surface area contributed by atoms with E-state index >= 15 is 0 Å². The predicted octanol–water partition coefficient (Wildman–Crippen LogP) is 3.28. The van der Waals surface area contributed by atoms with Crippen LogP contribution in [0.2, 0.25) is 0 Å². The molecule has 3 rings (SSSR count). The van der Waals surface area contributed by atoms with Crippen LogP contribution >= 0.6 is 0 Å². The number of rotatable bonds is 6. The van der Waals surface area contributed by atoms with E-state index in [1.807, 2.05) is 48.3 Å². The number of hydrogen-bond donors (Lipinski definition) is 0. The number of amides is 1. The van der Waals surface area contributed by atoms with Crippen molar-refractivity contribution in [3.63, 3.8) is 0 Å². The van der Waals surface area contributed by atoms with E-state index in [-0.39, 0.29) is 11.9 Å². The summed E-state index contributed by atoms with van der Waals surface area (Å²) < 4.78 is 1.98. The fraction of sp³-hybridized carbons (Fsp3) is 0.524. The van der Waals surface area contributed by atoms with E-state index in [4.69, 9.17) is 0 Å². The molecule has 5 nitrogen and oxygen atoms in total. The molecular formula is C21H30N4O. The number of carbonyl (C=O) groups excluding carboxylic acids is 1. The first-order valence-electron chi connectivity index (χ1n) is 9.67. The minimum Gasteiger partial charge on any atom is -0.309 e. The lowest BCUT2D eigenvalue weighted by Gasteiger charge is -2.46. The third-order valence-corrected chi connectivity index (χ3v) is 5.37. The Hall–Kier alpha value is -2.14. The SMILES string of the molecule is CCC(=O)N(c1ccccc1)C1C(C)CN(CCn2cccn2)CC1C. The molecule has 140 valence electrons. The molecule has 2 atom stereocenters. The van der Waals surface area contributed by atoms with Crippen LogP contribution in [0.1, 0.15) is 27.2 Å². The average Bonchev–Trinajstić information content (AvgIpc) is 3.16. The van der Waals surface area contributed by atoms with Gasteiger partial charge in [0.25, 0.3) is 0 Å². The summed E-state index contributed by atoms with van der Waals surface area (Å²) in [5.74, 6) is 1.06. The highest BCUT2D eigenvalue weighted by Crippen LogP contribution is 2.31. The van der Waals surface area contributed by atoms with Crippen LogP contribution in [0.15, 0.2) is 48.8 Å². The van der Waals surface area contributed by atoms with Crippen molar-refractivity contribution in [1.29, 1.82) is 0 Å². The number of hydrogen-bond acceptors (Lipinski definition) is 3. The molecule has 1 aromatic heterocycles. The smallest absolute Gasteiger partial charge is 0.226 e. The average molecular weight is 354 g/mol. The third kappa shape index (κ3) is 4.15. The Labute approximate surface area is 156 Å². The van der Waals surface area contributed by atoms with E-state index < -0.39 is 0 Å². The van der Waals surface area contributed by atoms with Gasteiger partial charge in [-0.2, -0.15) is 5.10 Å². The van der Waals surface area contributed by atoms with E-state index in [2.05, 4.69) is 40.9 Å². The lowest BCUT2D eigenvalue weighted by molar-refractivity contribution is -0.119. The van der Waals surface area contributed by atoms with Crippen LogP contribution in [0, 0.1) is 11.8 Å². The van der Waals surface area contributed by atoms with Crippen molar-refractivity contribution < 1.29 is 4.79 Å². The van der Waals surface area contributed by atoms with E-state index in [1.165, 1.54) is 0 Å². The Morgan fingerprint density at radius 1 is 1.12 bits per heavy atom. The zero-order valence-electron chi connectivity index (χ0n) is 16.1. The van der Waals surface area contributed by atoms with E-state index in [0.717, 1.165) is 31.9 Å². The molecule has 1 fully saturated rings. The van der Waals surface area contributed by atoms with Crippen LogP contribution in [-0.2, 0) is 11.3 Å². The van der Waals surface area contributed by atoms with Crippen LogP contribution in [0.25, 0.3) is 0 Å². The molecule has 1 saturated heterocycles. The molecule has 2 unspecified atom stereocenters. The van der Waals surface area contributed by atoms with Gasteiger partial charge in [0.15, 0.2) is 0 Å². The molecule has 0 radical (unpaired) electrons. The van der Waals surface area contributed by atoms with Crippen molar-refractivity contribution in [1.82, 2.24) is 14.7 Å². The first-order chi connectivity index (χ1) is 12.6. The highest BCUT2D eigenvalue weighted by Gasteiger charge is 2.38. The van der Waals surface area contributed by atoms with Gasteiger partial charge in [-0.1, -0.05) is 39.0 Å². The molecule has 0 spiro atoms. The molecule has 1 aromatic carbocycles. The van der Waals surface area contributed by atoms with Gasteiger partial charge in [0.2, 0.25) is 5.91 Å². The van der Waals surface area contributed by atoms with Crippen molar-refractivity contribution in [3.8, 4) is 0 Å². The molecule has 0 N–H and O–H groups in total. The summed E-state index contributed by atoms with van der Waals surface area (Å²) in [6.07, 6.45) is 4.37. The van der Waals surface area contributed by atoms with Gasteiger partial charge in [-0.25, -0.2) is 0 Å². The van der Waals surface area contributed by atoms with Crippen LogP contribution in [0.3, 0.4) is 0 Å². The monoisotopic (exact) mass is 354 g/mol. The van der Waals surface area contributed by atoms with Crippen molar-refractivity contribution in [2.24, 2.45) is 11.8 Å². The van der Waals surface area contributed by atoms with Gasteiger partial charge in [0.1, 0.15) is 0 Å². The Bertz CT molecular complexity index is 673. The van der Waals surface area contributed by atoms with Crippen LogP contribution in [0.5, 0.6) is 0 Å². The zero-order valence-corrected chi connectivity index (χ0v) is 16.1. The molecule has 1 aliphatic rings. The van der Waals surface area contributed by atoms with Gasteiger partial charge in [-0.3, -0.25) is 9.48 Å². The highest BCUT2D eigenvalue weighted by molar-refractivity contribution is 5.93. The number of carbonyl (C=O) groups is 1. The summed E-state index contributed by atoms with van der Waals surface area (Å²) in [6.45, 7) is 10.4. The molecule has 0 aliphatic carbocycles. The molecule has 2 aromatic rings. The number of nitrogens with zero attached hydrogens (tertiary/aromatic N) is 4. The number of likely N-dealkylation sites (tertiary alicyclic amines) is 1. The lowest BCUT2D eigenvalue weighted by Crippen LogP contribution is -2.57. The van der Waals surface area contributed by atoms with Crippen LogP contribution < -0.4 is 4.90 Å². The quantitative estimate of drug-likeness (QED) is 0.799. The summed E-state index contributed by atoms with van der Waals surface area (Å²) in [7, 11) is 0. The van der Waals surface area contributed by atoms with Gasteiger partial charge in [-0.05, 0) is 30.0 Å². The fourth-order valence-electron chi connectivity index (χ4n) is 4.28. The second-order valence-electron chi connectivity index (χ2n) is 7.43. The molecule has 1 amide bonds. The lowest BCUT2D eigenvalue weighted by atomic mass is 9.84.